The Kier molecular flexibility index (Phi) is 14.8. The van der Waals surface area contributed by atoms with Crippen LogP contribution >= 0.6 is 0 Å². The fraction of sp³-hybridized carbons (Fsp3) is 0.688. The molecule has 0 aliphatic carbocycles. The maximum atomic E-state index is 11.4. The third-order valence-electron chi connectivity index (χ3n) is 3.08. The fourth-order valence-electron chi connectivity index (χ4n) is 1.76. The number of alkyl carbamates (subject to hydrolysis) is 2. The molecule has 0 aromatic rings. The summed E-state index contributed by atoms with van der Waals surface area (Å²) in [6.07, 6.45) is 4.15. The van der Waals surface area contributed by atoms with Crippen LogP contribution in [0, 0.1) is 0 Å². The summed E-state index contributed by atoms with van der Waals surface area (Å²) < 4.78 is 9.67. The number of nitrogens with one attached hydrogen (secondary N) is 2. The molecule has 0 spiro atoms. The minimum absolute atomic E-state index is 0.120. The van der Waals surface area contributed by atoms with Crippen LogP contribution in [-0.4, -0.2) is 56.8 Å². The van der Waals surface area contributed by atoms with E-state index in [0.717, 1.165) is 12.6 Å². The maximum Gasteiger partial charge on any atom is 0.407 e. The number of carbonyl (C=O) groups excluding carboxylic acids is 5. The van der Waals surface area contributed by atoms with Crippen molar-refractivity contribution in [3.8, 4) is 0 Å². The molecule has 0 fully saturated rings. The van der Waals surface area contributed by atoms with Gasteiger partial charge in [0.2, 0.25) is 0 Å². The van der Waals surface area contributed by atoms with E-state index >= 15 is 0 Å². The van der Waals surface area contributed by atoms with Crippen molar-refractivity contribution in [1.29, 1.82) is 0 Å². The normalized spacial score (nSPS) is 11.0. The van der Waals surface area contributed by atoms with Gasteiger partial charge in [0, 0.05) is 19.4 Å². The first-order chi connectivity index (χ1) is 12.1. The summed E-state index contributed by atoms with van der Waals surface area (Å²) in [5.74, 6) is 0. The minimum Gasteiger partial charge on any atom is -0.450 e. The molecular formula is C16H26N2O7. The second-order valence-electron chi connectivity index (χ2n) is 5.20. The Hall–Kier alpha value is -2.45. The number of hydrogen-bond donors (Lipinski definition) is 2. The molecule has 0 bridgehead atoms. The molecule has 25 heavy (non-hydrogen) atoms. The zero-order chi connectivity index (χ0) is 18.8. The highest BCUT2D eigenvalue weighted by Crippen LogP contribution is 2.00. The van der Waals surface area contributed by atoms with Crippen LogP contribution in [0.2, 0.25) is 0 Å². The number of aldehydes is 3. The van der Waals surface area contributed by atoms with Gasteiger partial charge in [-0.1, -0.05) is 0 Å². The van der Waals surface area contributed by atoms with Gasteiger partial charge in [-0.2, -0.15) is 0 Å². The number of carbonyl (C=O) groups is 5. The molecule has 2 amide bonds. The van der Waals surface area contributed by atoms with Gasteiger partial charge >= 0.3 is 12.2 Å². The molecule has 0 heterocycles. The lowest BCUT2D eigenvalue weighted by atomic mass is 10.1. The smallest absolute Gasteiger partial charge is 0.407 e. The first kappa shape index (κ1) is 22.6. The Balaban J connectivity index is 3.67. The van der Waals surface area contributed by atoms with Crippen molar-refractivity contribution in [2.24, 2.45) is 0 Å². The van der Waals surface area contributed by atoms with Crippen LogP contribution in [-0.2, 0) is 23.9 Å². The van der Waals surface area contributed by atoms with Crippen molar-refractivity contribution in [1.82, 2.24) is 10.6 Å². The van der Waals surface area contributed by atoms with Crippen LogP contribution < -0.4 is 10.6 Å². The van der Waals surface area contributed by atoms with Gasteiger partial charge in [0.15, 0.2) is 0 Å². The molecule has 9 nitrogen and oxygen atoms in total. The number of unbranched alkanes of at least 4 members (excludes halogenated alkanes) is 3. The van der Waals surface area contributed by atoms with Gasteiger partial charge in [-0.25, -0.2) is 9.59 Å². The highest BCUT2D eigenvalue weighted by atomic mass is 16.6. The first-order valence-corrected chi connectivity index (χ1v) is 8.30. The average Bonchev–Trinajstić information content (AvgIpc) is 2.61. The zero-order valence-corrected chi connectivity index (χ0v) is 14.2. The molecular weight excluding hydrogens is 332 g/mol. The average molecular weight is 358 g/mol. The molecule has 0 aliphatic heterocycles. The number of rotatable bonds is 15. The van der Waals surface area contributed by atoms with Crippen molar-refractivity contribution in [2.45, 2.75) is 51.0 Å². The predicted octanol–water partition coefficient (Wildman–Crippen LogP) is 1.13. The fourth-order valence-corrected chi connectivity index (χ4v) is 1.76. The monoisotopic (exact) mass is 358 g/mol. The quantitative estimate of drug-likeness (QED) is 0.332. The molecule has 0 aliphatic rings. The number of hydrogen-bond acceptors (Lipinski definition) is 7. The van der Waals surface area contributed by atoms with Crippen LogP contribution in [0.1, 0.15) is 44.9 Å². The lowest BCUT2D eigenvalue weighted by Crippen LogP contribution is -2.36. The van der Waals surface area contributed by atoms with E-state index in [1.165, 1.54) is 0 Å². The Bertz CT molecular complexity index is 415. The van der Waals surface area contributed by atoms with Crippen molar-refractivity contribution < 1.29 is 33.4 Å². The van der Waals surface area contributed by atoms with Gasteiger partial charge in [-0.05, 0) is 32.1 Å². The molecule has 2 N–H and O–H groups in total. The predicted molar refractivity (Wildman–Crippen MR) is 88.1 cm³/mol. The maximum absolute atomic E-state index is 11.4. The first-order valence-electron chi connectivity index (χ1n) is 8.30. The summed E-state index contributed by atoms with van der Waals surface area (Å²) in [6, 6.07) is -0.658. The van der Waals surface area contributed by atoms with Gasteiger partial charge in [-0.15, -0.1) is 0 Å². The van der Waals surface area contributed by atoms with Gasteiger partial charge in [-0.3, -0.25) is 0 Å². The molecule has 0 aromatic heterocycles. The Labute approximate surface area is 146 Å². The molecule has 0 saturated heterocycles. The van der Waals surface area contributed by atoms with Crippen LogP contribution in [0.5, 0.6) is 0 Å². The van der Waals surface area contributed by atoms with Crippen molar-refractivity contribution >= 4 is 31.0 Å². The molecule has 0 aromatic carbocycles. The van der Waals surface area contributed by atoms with E-state index in [4.69, 9.17) is 9.47 Å². The standard InChI is InChI=1S/C16H26N2O7/c19-9-3-5-11-24-15(22)17-8-2-1-7-14(13-21)18-16(23)25-12-6-4-10-20/h9-10,13-14H,1-8,11-12H2,(H,17,22)(H,18,23). The van der Waals surface area contributed by atoms with Crippen LogP contribution in [0.4, 0.5) is 9.59 Å². The summed E-state index contributed by atoms with van der Waals surface area (Å²) in [5, 5.41) is 4.98. The summed E-state index contributed by atoms with van der Waals surface area (Å²) in [5.41, 5.74) is 0. The van der Waals surface area contributed by atoms with Crippen LogP contribution in [0.25, 0.3) is 0 Å². The minimum atomic E-state index is -0.694. The largest absolute Gasteiger partial charge is 0.450 e. The van der Waals surface area contributed by atoms with Crippen LogP contribution in [0.15, 0.2) is 0 Å². The summed E-state index contributed by atoms with van der Waals surface area (Å²) in [4.78, 5) is 53.8. The molecule has 0 saturated carbocycles. The van der Waals surface area contributed by atoms with E-state index in [2.05, 4.69) is 10.6 Å². The SMILES string of the molecule is O=CCCCOC(=O)NCCCCC(C=O)NC(=O)OCCCC=O. The lowest BCUT2D eigenvalue weighted by molar-refractivity contribution is -0.110. The van der Waals surface area contributed by atoms with Gasteiger partial charge in [0.05, 0.1) is 19.3 Å². The van der Waals surface area contributed by atoms with E-state index in [-0.39, 0.29) is 13.2 Å². The van der Waals surface area contributed by atoms with Crippen molar-refractivity contribution in [3.05, 3.63) is 0 Å². The number of ether oxygens (including phenoxy) is 2. The van der Waals surface area contributed by atoms with Gasteiger partial charge in [0.25, 0.3) is 0 Å². The van der Waals surface area contributed by atoms with E-state index in [1.807, 2.05) is 0 Å². The third kappa shape index (κ3) is 14.9. The highest BCUT2D eigenvalue weighted by molar-refractivity contribution is 5.73. The Morgan fingerprint density at radius 2 is 1.44 bits per heavy atom. The molecule has 9 heteroatoms. The van der Waals surface area contributed by atoms with E-state index in [0.29, 0.717) is 57.8 Å². The zero-order valence-electron chi connectivity index (χ0n) is 14.2. The third-order valence-corrected chi connectivity index (χ3v) is 3.08. The molecule has 1 unspecified atom stereocenters. The van der Waals surface area contributed by atoms with Crippen molar-refractivity contribution in [2.75, 3.05) is 19.8 Å². The molecule has 1 atom stereocenters. The topological polar surface area (TPSA) is 128 Å². The highest BCUT2D eigenvalue weighted by Gasteiger charge is 2.11. The van der Waals surface area contributed by atoms with Gasteiger partial charge < -0.3 is 34.5 Å². The molecule has 0 rings (SSSR count). The van der Waals surface area contributed by atoms with Gasteiger partial charge in [0.1, 0.15) is 18.9 Å². The summed E-state index contributed by atoms with van der Waals surface area (Å²) in [7, 11) is 0. The van der Waals surface area contributed by atoms with E-state index < -0.39 is 18.2 Å². The Morgan fingerprint density at radius 1 is 0.840 bits per heavy atom. The second-order valence-corrected chi connectivity index (χ2v) is 5.20. The van der Waals surface area contributed by atoms with Crippen LogP contribution in [0.3, 0.4) is 0 Å². The van der Waals surface area contributed by atoms with Crippen molar-refractivity contribution in [3.63, 3.8) is 0 Å². The second kappa shape index (κ2) is 16.4. The summed E-state index contributed by atoms with van der Waals surface area (Å²) >= 11 is 0. The lowest BCUT2D eigenvalue weighted by Gasteiger charge is -2.13. The Morgan fingerprint density at radius 3 is 2.00 bits per heavy atom. The molecule has 0 radical (unpaired) electrons. The van der Waals surface area contributed by atoms with E-state index in [1.54, 1.807) is 0 Å². The number of amides is 2. The van der Waals surface area contributed by atoms with E-state index in [9.17, 15) is 24.0 Å². The summed E-state index contributed by atoms with van der Waals surface area (Å²) in [6.45, 7) is 0.694. The molecule has 142 valence electrons.